The minimum atomic E-state index is -0.775. The largest absolute Gasteiger partial charge is 0.490 e. The first-order chi connectivity index (χ1) is 17.8. The van der Waals surface area contributed by atoms with Crippen molar-refractivity contribution in [2.24, 2.45) is 11.0 Å². The van der Waals surface area contributed by atoms with Gasteiger partial charge in [0, 0.05) is 15.6 Å². The first-order valence-electron chi connectivity index (χ1n) is 11.8. The number of hydrogen-bond acceptors (Lipinski definition) is 5. The number of hydrazone groups is 1. The fourth-order valence-electron chi connectivity index (χ4n) is 3.33. The highest BCUT2D eigenvalue weighted by Gasteiger charge is 2.24. The van der Waals surface area contributed by atoms with Crippen molar-refractivity contribution in [3.63, 3.8) is 0 Å². The van der Waals surface area contributed by atoms with Crippen LogP contribution < -0.4 is 20.2 Å². The highest BCUT2D eigenvalue weighted by atomic mass is 35.5. The van der Waals surface area contributed by atoms with E-state index >= 15 is 0 Å². The van der Waals surface area contributed by atoms with Crippen molar-refractivity contribution in [1.82, 2.24) is 10.7 Å². The smallest absolute Gasteiger partial charge is 0.262 e. The van der Waals surface area contributed by atoms with E-state index in [1.807, 2.05) is 45.0 Å². The van der Waals surface area contributed by atoms with Crippen LogP contribution in [0.15, 0.2) is 71.8 Å². The molecule has 0 fully saturated rings. The Labute approximate surface area is 226 Å². The topological polar surface area (TPSA) is 89.0 Å². The minimum absolute atomic E-state index is 0.159. The van der Waals surface area contributed by atoms with Crippen LogP contribution in [0.5, 0.6) is 11.5 Å². The summed E-state index contributed by atoms with van der Waals surface area (Å²) in [4.78, 5) is 25.3. The Morgan fingerprint density at radius 3 is 2.19 bits per heavy atom. The van der Waals surface area contributed by atoms with Gasteiger partial charge >= 0.3 is 0 Å². The molecule has 3 rings (SSSR count). The summed E-state index contributed by atoms with van der Waals surface area (Å²) in [5.74, 6) is 0.185. The van der Waals surface area contributed by atoms with Gasteiger partial charge in [0.1, 0.15) is 12.6 Å². The van der Waals surface area contributed by atoms with Gasteiger partial charge in [-0.2, -0.15) is 5.10 Å². The third-order valence-electron chi connectivity index (χ3n) is 5.31. The number of ether oxygens (including phenoxy) is 2. The molecule has 3 aromatic carbocycles. The summed E-state index contributed by atoms with van der Waals surface area (Å²) >= 11 is 11.8. The summed E-state index contributed by atoms with van der Waals surface area (Å²) in [7, 11) is 0. The standard InChI is InChI=1S/C28H29Cl2N3O4/c1-4-36-25-15-20(7-14-24(25)37-17-19-5-10-22(29)11-6-19)16-31-33-28(35)26(18(2)3)32-27(34)21-8-12-23(30)13-9-21/h5-16,18,26H,4,17H2,1-3H3,(H,32,34)(H,33,35). The van der Waals surface area contributed by atoms with Crippen molar-refractivity contribution >= 4 is 41.2 Å². The Morgan fingerprint density at radius 2 is 1.57 bits per heavy atom. The van der Waals surface area contributed by atoms with Gasteiger partial charge in [-0.15, -0.1) is 0 Å². The fraction of sp³-hybridized carbons (Fsp3) is 0.250. The second-order valence-electron chi connectivity index (χ2n) is 8.49. The Bertz CT molecular complexity index is 1230. The van der Waals surface area contributed by atoms with Crippen molar-refractivity contribution in [2.45, 2.75) is 33.4 Å². The van der Waals surface area contributed by atoms with Crippen molar-refractivity contribution in [1.29, 1.82) is 0 Å². The number of carbonyl (C=O) groups is 2. The SMILES string of the molecule is CCOc1cc(C=NNC(=O)C(NC(=O)c2ccc(Cl)cc2)C(C)C)ccc1OCc1ccc(Cl)cc1. The number of benzene rings is 3. The summed E-state index contributed by atoms with van der Waals surface area (Å²) < 4.78 is 11.6. The molecule has 0 aliphatic carbocycles. The van der Waals surface area contributed by atoms with Crippen molar-refractivity contribution < 1.29 is 19.1 Å². The van der Waals surface area contributed by atoms with E-state index in [4.69, 9.17) is 32.7 Å². The van der Waals surface area contributed by atoms with E-state index in [1.54, 1.807) is 42.5 Å². The molecule has 7 nitrogen and oxygen atoms in total. The molecule has 0 aromatic heterocycles. The Morgan fingerprint density at radius 1 is 0.919 bits per heavy atom. The van der Waals surface area contributed by atoms with Crippen molar-refractivity contribution in [3.05, 3.63) is 93.5 Å². The van der Waals surface area contributed by atoms with Crippen LogP contribution in [0.2, 0.25) is 10.0 Å². The number of carbonyl (C=O) groups excluding carboxylic acids is 2. The number of nitrogens with zero attached hydrogens (tertiary/aromatic N) is 1. The second-order valence-corrected chi connectivity index (χ2v) is 9.36. The molecule has 0 heterocycles. The van der Waals surface area contributed by atoms with E-state index in [0.29, 0.717) is 45.9 Å². The Kier molecular flexibility index (Phi) is 10.4. The lowest BCUT2D eigenvalue weighted by molar-refractivity contribution is -0.123. The predicted molar refractivity (Wildman–Crippen MR) is 147 cm³/mol. The molecular weight excluding hydrogens is 513 g/mol. The van der Waals surface area contributed by atoms with E-state index in [1.165, 1.54) is 6.21 Å². The van der Waals surface area contributed by atoms with E-state index in [0.717, 1.165) is 5.56 Å². The van der Waals surface area contributed by atoms with Gasteiger partial charge in [0.05, 0.1) is 12.8 Å². The molecule has 1 atom stereocenters. The number of rotatable bonds is 11. The lowest BCUT2D eigenvalue weighted by Gasteiger charge is -2.20. The van der Waals surface area contributed by atoms with Crippen molar-refractivity contribution in [3.8, 4) is 11.5 Å². The molecule has 0 aliphatic rings. The molecule has 0 spiro atoms. The molecular formula is C28H29Cl2N3O4. The predicted octanol–water partition coefficient (Wildman–Crippen LogP) is 5.88. The third-order valence-corrected chi connectivity index (χ3v) is 5.81. The zero-order valence-corrected chi connectivity index (χ0v) is 22.3. The Balaban J connectivity index is 1.62. The molecule has 9 heteroatoms. The molecule has 1 unspecified atom stereocenters. The van der Waals surface area contributed by atoms with E-state index in [9.17, 15) is 9.59 Å². The van der Waals surface area contributed by atoms with Gasteiger partial charge in [-0.1, -0.05) is 49.2 Å². The zero-order valence-electron chi connectivity index (χ0n) is 20.8. The molecule has 3 aromatic rings. The molecule has 0 saturated carbocycles. The van der Waals surface area contributed by atoms with Gasteiger partial charge in [-0.3, -0.25) is 9.59 Å². The van der Waals surface area contributed by atoms with Crippen LogP contribution in [0.1, 0.15) is 42.3 Å². The summed E-state index contributed by atoms with van der Waals surface area (Å²) in [6, 6.07) is 18.4. The van der Waals surface area contributed by atoms with Crippen LogP contribution in [-0.4, -0.2) is 30.7 Å². The van der Waals surface area contributed by atoms with E-state index < -0.39 is 11.9 Å². The van der Waals surface area contributed by atoms with Gasteiger partial charge in [0.15, 0.2) is 11.5 Å². The fourth-order valence-corrected chi connectivity index (χ4v) is 3.59. The van der Waals surface area contributed by atoms with Crippen LogP contribution in [0, 0.1) is 5.92 Å². The van der Waals surface area contributed by atoms with Crippen LogP contribution in [0.4, 0.5) is 0 Å². The van der Waals surface area contributed by atoms with Gasteiger partial charge in [-0.05, 0) is 78.6 Å². The molecule has 0 radical (unpaired) electrons. The number of amides is 2. The number of halogens is 2. The van der Waals surface area contributed by atoms with Gasteiger partial charge in [-0.25, -0.2) is 5.43 Å². The zero-order chi connectivity index (χ0) is 26.8. The second kappa shape index (κ2) is 13.7. The number of hydrogen-bond donors (Lipinski definition) is 2. The minimum Gasteiger partial charge on any atom is -0.490 e. The highest BCUT2D eigenvalue weighted by molar-refractivity contribution is 6.30. The molecule has 0 saturated heterocycles. The first-order valence-corrected chi connectivity index (χ1v) is 12.6. The van der Waals surface area contributed by atoms with Crippen LogP contribution in [0.25, 0.3) is 0 Å². The first kappa shape index (κ1) is 28.0. The maximum atomic E-state index is 12.7. The molecule has 37 heavy (non-hydrogen) atoms. The maximum Gasteiger partial charge on any atom is 0.262 e. The van der Waals surface area contributed by atoms with Gasteiger partial charge in [0.2, 0.25) is 0 Å². The lowest BCUT2D eigenvalue weighted by atomic mass is 10.0. The van der Waals surface area contributed by atoms with E-state index in [-0.39, 0.29) is 11.8 Å². The van der Waals surface area contributed by atoms with Crippen LogP contribution in [-0.2, 0) is 11.4 Å². The maximum absolute atomic E-state index is 12.7. The molecule has 0 bridgehead atoms. The van der Waals surface area contributed by atoms with Crippen molar-refractivity contribution in [2.75, 3.05) is 6.61 Å². The summed E-state index contributed by atoms with van der Waals surface area (Å²) in [6.07, 6.45) is 1.50. The summed E-state index contributed by atoms with van der Waals surface area (Å²) in [6.45, 7) is 6.38. The normalized spacial score (nSPS) is 11.8. The quantitative estimate of drug-likeness (QED) is 0.234. The van der Waals surface area contributed by atoms with E-state index in [2.05, 4.69) is 15.8 Å². The lowest BCUT2D eigenvalue weighted by Crippen LogP contribution is -2.48. The van der Waals surface area contributed by atoms with Crippen LogP contribution >= 0.6 is 23.2 Å². The Hall–Kier alpha value is -3.55. The number of nitrogens with one attached hydrogen (secondary N) is 2. The summed E-state index contributed by atoms with van der Waals surface area (Å²) in [5.41, 5.74) is 4.60. The highest BCUT2D eigenvalue weighted by Crippen LogP contribution is 2.29. The third kappa shape index (κ3) is 8.51. The monoisotopic (exact) mass is 541 g/mol. The molecule has 194 valence electrons. The summed E-state index contributed by atoms with van der Waals surface area (Å²) in [5, 5.41) is 8.01. The average Bonchev–Trinajstić information content (AvgIpc) is 2.88. The van der Waals surface area contributed by atoms with Crippen LogP contribution in [0.3, 0.4) is 0 Å². The van der Waals surface area contributed by atoms with Gasteiger partial charge < -0.3 is 14.8 Å². The molecule has 0 aliphatic heterocycles. The van der Waals surface area contributed by atoms with Gasteiger partial charge in [0.25, 0.3) is 11.8 Å². The average molecular weight is 542 g/mol. The molecule has 2 amide bonds. The molecule has 2 N–H and O–H groups in total.